The molecule has 2 heterocycles. The first-order valence-electron chi connectivity index (χ1n) is 5.70. The second-order valence-corrected chi connectivity index (χ2v) is 5.77. The largest absolute Gasteiger partial charge is 0.368 e. The van der Waals surface area contributed by atoms with Crippen molar-refractivity contribution in [2.75, 3.05) is 6.61 Å². The number of thiazole rings is 1. The second-order valence-electron chi connectivity index (χ2n) is 4.91. The van der Waals surface area contributed by atoms with Crippen LogP contribution in [0.3, 0.4) is 0 Å². The summed E-state index contributed by atoms with van der Waals surface area (Å²) in [6.07, 6.45) is 4.07. The van der Waals surface area contributed by atoms with E-state index in [1.165, 1.54) is 0 Å². The number of rotatable bonds is 2. The van der Waals surface area contributed by atoms with E-state index < -0.39 is 0 Å². The van der Waals surface area contributed by atoms with Crippen molar-refractivity contribution in [2.45, 2.75) is 43.6 Å². The van der Waals surface area contributed by atoms with Gasteiger partial charge >= 0.3 is 0 Å². The number of aromatic nitrogens is 1. The highest BCUT2D eigenvalue weighted by Crippen LogP contribution is 2.49. The van der Waals surface area contributed by atoms with E-state index in [9.17, 15) is 0 Å². The van der Waals surface area contributed by atoms with Crippen molar-refractivity contribution in [2.24, 2.45) is 0 Å². The van der Waals surface area contributed by atoms with Crippen LogP contribution in [0, 0.1) is 11.3 Å². The maximum atomic E-state index is 9.13. The van der Waals surface area contributed by atoms with Crippen molar-refractivity contribution < 1.29 is 4.74 Å². The van der Waals surface area contributed by atoms with Crippen LogP contribution >= 0.6 is 11.3 Å². The Labute approximate surface area is 99.1 Å². The molecule has 1 unspecified atom stereocenters. The van der Waals surface area contributed by atoms with E-state index >= 15 is 0 Å². The van der Waals surface area contributed by atoms with Gasteiger partial charge in [0.1, 0.15) is 16.0 Å². The van der Waals surface area contributed by atoms with E-state index in [-0.39, 0.29) is 11.0 Å². The Hall–Kier alpha value is -0.920. The normalized spacial score (nSPS) is 31.2. The van der Waals surface area contributed by atoms with Crippen molar-refractivity contribution >= 4 is 11.3 Å². The standard InChI is InChI=1S/C12H14N2OS/c1-11(3-2-6-15-11)10-14-9(7-16-10)12(8-13)4-5-12/h7H,2-6H2,1H3. The number of ether oxygens (including phenoxy) is 1. The highest BCUT2D eigenvalue weighted by Gasteiger charge is 2.48. The van der Waals surface area contributed by atoms with E-state index in [1.54, 1.807) is 11.3 Å². The van der Waals surface area contributed by atoms with Crippen LogP contribution in [0.5, 0.6) is 0 Å². The van der Waals surface area contributed by atoms with Gasteiger partial charge in [-0.1, -0.05) is 0 Å². The monoisotopic (exact) mass is 234 g/mol. The quantitative estimate of drug-likeness (QED) is 0.790. The summed E-state index contributed by atoms with van der Waals surface area (Å²) in [6, 6.07) is 2.39. The van der Waals surface area contributed by atoms with E-state index in [2.05, 4.69) is 18.0 Å². The third-order valence-electron chi connectivity index (χ3n) is 3.63. The minimum Gasteiger partial charge on any atom is -0.368 e. The molecule has 1 saturated carbocycles. The molecule has 0 spiro atoms. The molecule has 0 N–H and O–H groups in total. The molecule has 3 rings (SSSR count). The summed E-state index contributed by atoms with van der Waals surface area (Å²) in [7, 11) is 0. The van der Waals surface area contributed by atoms with Crippen molar-refractivity contribution in [1.29, 1.82) is 5.26 Å². The van der Waals surface area contributed by atoms with Gasteiger partial charge in [0.2, 0.25) is 0 Å². The molecule has 4 heteroatoms. The van der Waals surface area contributed by atoms with Crippen LogP contribution in [0.25, 0.3) is 0 Å². The Morgan fingerprint density at radius 3 is 2.88 bits per heavy atom. The fourth-order valence-electron chi connectivity index (χ4n) is 2.23. The summed E-state index contributed by atoms with van der Waals surface area (Å²) in [5.41, 5.74) is 0.504. The molecule has 0 aromatic carbocycles. The van der Waals surface area contributed by atoms with Crippen molar-refractivity contribution in [3.8, 4) is 6.07 Å². The zero-order valence-electron chi connectivity index (χ0n) is 9.32. The second kappa shape index (κ2) is 3.28. The zero-order valence-corrected chi connectivity index (χ0v) is 10.1. The molecule has 0 bridgehead atoms. The average molecular weight is 234 g/mol. The Bertz CT molecular complexity index is 450. The van der Waals surface area contributed by atoms with Crippen molar-refractivity contribution in [3.63, 3.8) is 0 Å². The van der Waals surface area contributed by atoms with Gasteiger partial charge < -0.3 is 4.74 Å². The number of nitrogens with zero attached hydrogens (tertiary/aromatic N) is 2. The van der Waals surface area contributed by atoms with Crippen LogP contribution in [0.15, 0.2) is 5.38 Å². The predicted molar refractivity (Wildman–Crippen MR) is 61.2 cm³/mol. The molecular weight excluding hydrogens is 220 g/mol. The van der Waals surface area contributed by atoms with Gasteiger partial charge in [0, 0.05) is 12.0 Å². The lowest BCUT2D eigenvalue weighted by Crippen LogP contribution is -2.20. The molecule has 1 aromatic heterocycles. The lowest BCUT2D eigenvalue weighted by Gasteiger charge is -2.19. The lowest BCUT2D eigenvalue weighted by molar-refractivity contribution is 0.0165. The molecule has 2 aliphatic rings. The smallest absolute Gasteiger partial charge is 0.125 e. The number of hydrogen-bond donors (Lipinski definition) is 0. The molecule has 1 atom stereocenters. The molecule has 16 heavy (non-hydrogen) atoms. The first-order chi connectivity index (χ1) is 7.69. The molecule has 1 aromatic rings. The fraction of sp³-hybridized carbons (Fsp3) is 0.667. The molecule has 0 radical (unpaired) electrons. The number of nitriles is 1. The highest BCUT2D eigenvalue weighted by molar-refractivity contribution is 7.09. The summed E-state index contributed by atoms with van der Waals surface area (Å²) in [6.45, 7) is 2.93. The summed E-state index contributed by atoms with van der Waals surface area (Å²) in [5, 5.41) is 12.2. The van der Waals surface area contributed by atoms with Gasteiger partial charge in [-0.05, 0) is 32.6 Å². The molecule has 3 nitrogen and oxygen atoms in total. The van der Waals surface area contributed by atoms with Gasteiger partial charge in [0.15, 0.2) is 0 Å². The van der Waals surface area contributed by atoms with Crippen LogP contribution in [0.1, 0.15) is 43.3 Å². The first-order valence-corrected chi connectivity index (χ1v) is 6.58. The SMILES string of the molecule is CC1(c2nc(C3(C#N)CC3)cs2)CCCO1. The Morgan fingerprint density at radius 2 is 2.31 bits per heavy atom. The van der Waals surface area contributed by atoms with Gasteiger partial charge in [-0.3, -0.25) is 0 Å². The van der Waals surface area contributed by atoms with E-state index in [1.807, 2.05) is 5.38 Å². The van der Waals surface area contributed by atoms with E-state index in [4.69, 9.17) is 10.00 Å². The van der Waals surface area contributed by atoms with Gasteiger partial charge in [-0.15, -0.1) is 11.3 Å². The Morgan fingerprint density at radius 1 is 1.50 bits per heavy atom. The maximum Gasteiger partial charge on any atom is 0.125 e. The molecule has 1 aliphatic heterocycles. The summed E-state index contributed by atoms with van der Waals surface area (Å²) < 4.78 is 5.77. The van der Waals surface area contributed by atoms with Crippen LogP contribution in [0.2, 0.25) is 0 Å². The number of hydrogen-bond acceptors (Lipinski definition) is 4. The van der Waals surface area contributed by atoms with Gasteiger partial charge in [0.25, 0.3) is 0 Å². The zero-order chi connectivity index (χ0) is 11.2. The molecule has 2 fully saturated rings. The summed E-state index contributed by atoms with van der Waals surface area (Å²) in [4.78, 5) is 4.64. The molecule has 1 aliphatic carbocycles. The minimum atomic E-state index is -0.260. The van der Waals surface area contributed by atoms with Gasteiger partial charge in [0.05, 0.1) is 11.8 Å². The van der Waals surface area contributed by atoms with Crippen LogP contribution in [-0.2, 0) is 15.8 Å². The predicted octanol–water partition coefficient (Wildman–Crippen LogP) is 2.72. The minimum absolute atomic E-state index is 0.200. The van der Waals surface area contributed by atoms with E-state index in [0.717, 1.165) is 43.0 Å². The van der Waals surface area contributed by atoms with E-state index in [0.29, 0.717) is 0 Å². The summed E-state index contributed by atoms with van der Waals surface area (Å²) in [5.74, 6) is 0. The Kier molecular flexibility index (Phi) is 2.10. The molecule has 1 saturated heterocycles. The first kappa shape index (κ1) is 10.2. The third kappa shape index (κ3) is 1.39. The van der Waals surface area contributed by atoms with Crippen LogP contribution < -0.4 is 0 Å². The third-order valence-corrected chi connectivity index (χ3v) is 4.72. The topological polar surface area (TPSA) is 45.9 Å². The molecular formula is C12H14N2OS. The molecule has 0 amide bonds. The van der Waals surface area contributed by atoms with Crippen LogP contribution in [0.4, 0.5) is 0 Å². The lowest BCUT2D eigenvalue weighted by atomic mass is 10.0. The molecule has 84 valence electrons. The summed E-state index contributed by atoms with van der Waals surface area (Å²) >= 11 is 1.64. The van der Waals surface area contributed by atoms with Gasteiger partial charge in [-0.2, -0.15) is 5.26 Å². The Balaban J connectivity index is 1.91. The van der Waals surface area contributed by atoms with Crippen molar-refractivity contribution in [3.05, 3.63) is 16.1 Å². The average Bonchev–Trinajstić information content (AvgIpc) is 2.75. The van der Waals surface area contributed by atoms with Crippen LogP contribution in [-0.4, -0.2) is 11.6 Å². The van der Waals surface area contributed by atoms with Crippen molar-refractivity contribution in [1.82, 2.24) is 4.98 Å². The van der Waals surface area contributed by atoms with Gasteiger partial charge in [-0.25, -0.2) is 4.98 Å². The highest BCUT2D eigenvalue weighted by atomic mass is 32.1. The maximum absolute atomic E-state index is 9.13. The fourth-order valence-corrected chi connectivity index (χ4v) is 3.30.